The molecule has 5 atom stereocenters. The third-order valence-electron chi connectivity index (χ3n) is 6.64. The van der Waals surface area contributed by atoms with E-state index in [0.717, 1.165) is 5.57 Å². The number of amides is 3. The van der Waals surface area contributed by atoms with E-state index in [1.165, 1.54) is 19.4 Å². The normalized spacial score (nSPS) is 20.2. The van der Waals surface area contributed by atoms with Gasteiger partial charge in [0, 0.05) is 30.9 Å². The van der Waals surface area contributed by atoms with Crippen molar-refractivity contribution < 1.29 is 33.7 Å². The average molecular weight is 616 g/mol. The Kier molecular flexibility index (Phi) is 17.1. The Balaban J connectivity index is 2.70. The summed E-state index contributed by atoms with van der Waals surface area (Å²) in [7, 11) is 1.50. The molecule has 0 aromatic rings. The van der Waals surface area contributed by atoms with E-state index in [0.29, 0.717) is 25.0 Å². The van der Waals surface area contributed by atoms with Crippen molar-refractivity contribution in [3.63, 3.8) is 0 Å². The molecule has 0 aromatic heterocycles. The zero-order chi connectivity index (χ0) is 33.3. The number of hydrogen-bond acceptors (Lipinski definition) is 7. The van der Waals surface area contributed by atoms with Gasteiger partial charge in [-0.3, -0.25) is 9.59 Å². The van der Waals surface area contributed by atoms with Crippen LogP contribution in [-0.2, 0) is 23.8 Å². The number of alkyl carbamates (subject to hydrolysis) is 1. The van der Waals surface area contributed by atoms with Crippen LogP contribution in [0.15, 0.2) is 72.2 Å². The van der Waals surface area contributed by atoms with Gasteiger partial charge in [0.2, 0.25) is 18.1 Å². The largest absolute Gasteiger partial charge is 0.496 e. The number of ether oxygens (including phenoxy) is 3. The molecule has 0 saturated heterocycles. The van der Waals surface area contributed by atoms with Gasteiger partial charge >= 0.3 is 6.09 Å². The van der Waals surface area contributed by atoms with Gasteiger partial charge in [-0.05, 0) is 51.8 Å². The molecule has 0 saturated carbocycles. The molecule has 0 aliphatic carbocycles. The third-order valence-corrected chi connectivity index (χ3v) is 6.64. The number of methoxy groups -OCH3 is 1. The molecule has 0 radical (unpaired) electrons. The predicted octanol–water partition coefficient (Wildman–Crippen LogP) is 5.34. The number of carbonyl (C=O) groups is 3. The molecule has 10 nitrogen and oxygen atoms in total. The molecule has 4 N–H and O–H groups in total. The number of hydrogen-bond donors (Lipinski definition) is 4. The number of aliphatic hydroxyl groups is 1. The van der Waals surface area contributed by atoms with Gasteiger partial charge in [-0.2, -0.15) is 0 Å². The molecule has 0 spiro atoms. The lowest BCUT2D eigenvalue weighted by molar-refractivity contribution is -0.150. The number of carbonyl (C=O) groups excluding carboxylic acids is 3. The summed E-state index contributed by atoms with van der Waals surface area (Å²) in [5.41, 5.74) is 0.424. The van der Waals surface area contributed by atoms with Crippen LogP contribution in [0.1, 0.15) is 74.7 Å². The summed E-state index contributed by atoms with van der Waals surface area (Å²) < 4.78 is 16.2. The molecule has 246 valence electrons. The summed E-state index contributed by atoms with van der Waals surface area (Å²) in [5, 5.41) is 18.2. The molecular formula is C34H53N3O7. The van der Waals surface area contributed by atoms with Gasteiger partial charge in [0.1, 0.15) is 17.9 Å². The van der Waals surface area contributed by atoms with Gasteiger partial charge in [0.15, 0.2) is 0 Å². The Bertz CT molecular complexity index is 1110. The highest BCUT2D eigenvalue weighted by atomic mass is 16.6. The maximum absolute atomic E-state index is 13.0. The molecule has 1 aliphatic rings. The van der Waals surface area contributed by atoms with Crippen molar-refractivity contribution in [1.82, 2.24) is 16.0 Å². The molecule has 0 fully saturated rings. The Labute approximate surface area is 263 Å². The summed E-state index contributed by atoms with van der Waals surface area (Å²) in [4.78, 5) is 37.6. The minimum atomic E-state index is -1.06. The molecular weight excluding hydrogens is 562 g/mol. The fourth-order valence-corrected chi connectivity index (χ4v) is 4.28. The van der Waals surface area contributed by atoms with Crippen LogP contribution in [0, 0.1) is 11.3 Å². The van der Waals surface area contributed by atoms with Gasteiger partial charge in [-0.25, -0.2) is 4.79 Å². The van der Waals surface area contributed by atoms with Crippen molar-refractivity contribution >= 4 is 17.9 Å². The van der Waals surface area contributed by atoms with E-state index in [1.54, 1.807) is 18.2 Å². The zero-order valence-corrected chi connectivity index (χ0v) is 27.8. The second-order valence-corrected chi connectivity index (χ2v) is 12.1. The Morgan fingerprint density at radius 2 is 1.75 bits per heavy atom. The van der Waals surface area contributed by atoms with Crippen LogP contribution in [0.3, 0.4) is 0 Å². The lowest BCUT2D eigenvalue weighted by Gasteiger charge is -2.29. The minimum absolute atomic E-state index is 0.0354. The number of rotatable bonds is 15. The average Bonchev–Trinajstić information content (AvgIpc) is 2.93. The lowest BCUT2D eigenvalue weighted by Crippen LogP contribution is -2.52. The number of nitrogens with one attached hydrogen (secondary N) is 3. The second kappa shape index (κ2) is 19.6. The van der Waals surface area contributed by atoms with Crippen molar-refractivity contribution in [2.45, 2.75) is 105 Å². The van der Waals surface area contributed by atoms with E-state index in [1.807, 2.05) is 85.8 Å². The first-order valence-corrected chi connectivity index (χ1v) is 15.1. The molecule has 10 heteroatoms. The zero-order valence-electron chi connectivity index (χ0n) is 27.8. The predicted molar refractivity (Wildman–Crippen MR) is 173 cm³/mol. The van der Waals surface area contributed by atoms with Crippen LogP contribution in [0.2, 0.25) is 0 Å². The fourth-order valence-electron chi connectivity index (χ4n) is 4.28. The van der Waals surface area contributed by atoms with E-state index >= 15 is 0 Å². The Morgan fingerprint density at radius 3 is 2.34 bits per heavy atom. The summed E-state index contributed by atoms with van der Waals surface area (Å²) in [6.45, 7) is 15.2. The van der Waals surface area contributed by atoms with Crippen molar-refractivity contribution in [1.29, 1.82) is 0 Å². The van der Waals surface area contributed by atoms with Crippen LogP contribution < -0.4 is 16.0 Å². The maximum atomic E-state index is 13.0. The highest BCUT2D eigenvalue weighted by molar-refractivity contribution is 5.93. The highest BCUT2D eigenvalue weighted by Gasteiger charge is 2.32. The van der Waals surface area contributed by atoms with Crippen LogP contribution in [0.25, 0.3) is 0 Å². The quantitative estimate of drug-likeness (QED) is 0.111. The summed E-state index contributed by atoms with van der Waals surface area (Å²) in [6, 6.07) is -0.826. The van der Waals surface area contributed by atoms with Gasteiger partial charge in [0.05, 0.1) is 13.2 Å². The molecule has 1 rings (SSSR count). The first kappa shape index (κ1) is 38.4. The van der Waals surface area contributed by atoms with Gasteiger partial charge in [-0.1, -0.05) is 75.8 Å². The van der Waals surface area contributed by atoms with E-state index in [2.05, 4.69) is 16.0 Å². The standard InChI is InChI=1S/C34H53N3O7/c1-10-11-16-26(43-33(41)36-23(2)3)17-14-21-35-31(39)30(34(6,7)8)37-29(38)18-13-12-15-24(4)22-25(5)27-19-20-28(42-9)32(40)44-27/h10-15,18,20-23,25-27,30,32,40H,16-17,19H2,1-9H3,(H,35,39)(H,36,41)(H,37,38)/b11-10-,15-12-,18-13-,21-14-,24-22+/t25-,26-,27-,30+,32+/m0/s1. The van der Waals surface area contributed by atoms with Crippen LogP contribution >= 0.6 is 0 Å². The summed E-state index contributed by atoms with van der Waals surface area (Å²) in [5.74, 6) is -0.286. The van der Waals surface area contributed by atoms with Crippen LogP contribution in [0.4, 0.5) is 4.79 Å². The van der Waals surface area contributed by atoms with Gasteiger partial charge < -0.3 is 35.3 Å². The minimum Gasteiger partial charge on any atom is -0.496 e. The molecule has 3 amide bonds. The van der Waals surface area contributed by atoms with Crippen molar-refractivity contribution in [3.8, 4) is 0 Å². The lowest BCUT2D eigenvalue weighted by atomic mass is 9.86. The smallest absolute Gasteiger partial charge is 0.407 e. The van der Waals surface area contributed by atoms with Crippen molar-refractivity contribution in [2.75, 3.05) is 7.11 Å². The van der Waals surface area contributed by atoms with Gasteiger partial charge in [0.25, 0.3) is 0 Å². The summed E-state index contributed by atoms with van der Waals surface area (Å²) in [6.07, 6.45) is 17.0. The summed E-state index contributed by atoms with van der Waals surface area (Å²) >= 11 is 0. The van der Waals surface area contributed by atoms with E-state index in [4.69, 9.17) is 14.2 Å². The molecule has 0 bridgehead atoms. The molecule has 1 aliphatic heterocycles. The molecule has 0 unspecified atom stereocenters. The second-order valence-electron chi connectivity index (χ2n) is 12.1. The van der Waals surface area contributed by atoms with Crippen molar-refractivity contribution in [3.05, 3.63) is 72.2 Å². The number of allylic oxidation sites excluding steroid dienone is 5. The monoisotopic (exact) mass is 615 g/mol. The molecule has 44 heavy (non-hydrogen) atoms. The Morgan fingerprint density at radius 1 is 1.09 bits per heavy atom. The van der Waals surface area contributed by atoms with Gasteiger partial charge in [-0.15, -0.1) is 0 Å². The third kappa shape index (κ3) is 15.2. The van der Waals surface area contributed by atoms with Crippen molar-refractivity contribution in [2.24, 2.45) is 11.3 Å². The van der Waals surface area contributed by atoms with E-state index in [9.17, 15) is 19.5 Å². The fraction of sp³-hybridized carbons (Fsp3) is 0.559. The van der Waals surface area contributed by atoms with E-state index < -0.39 is 29.7 Å². The first-order chi connectivity index (χ1) is 20.7. The highest BCUT2D eigenvalue weighted by Crippen LogP contribution is 2.25. The maximum Gasteiger partial charge on any atom is 0.407 e. The SMILES string of the molecule is C/C=C\C[C@@H](C/C=C\NC(=O)[C@@H](NC(=O)\C=C/C=C\C(C)=C\[C@H](C)[C@@H]1CC=C(OC)[C@H](O)O1)C(C)(C)C)OC(=O)NC(C)C. The number of aliphatic hydroxyl groups excluding tert-OH is 1. The topological polar surface area (TPSA) is 135 Å². The van der Waals surface area contributed by atoms with E-state index in [-0.39, 0.29) is 30.1 Å². The molecule has 0 aromatic carbocycles. The van der Waals surface area contributed by atoms with Crippen LogP contribution in [-0.4, -0.2) is 60.7 Å². The first-order valence-electron chi connectivity index (χ1n) is 15.1. The molecule has 1 heterocycles. The van der Waals surface area contributed by atoms with Crippen LogP contribution in [0.5, 0.6) is 0 Å². The Hall–Kier alpha value is -3.63.